The number of furan rings is 2. The summed E-state index contributed by atoms with van der Waals surface area (Å²) >= 11 is 0. The molecule has 13 aromatic rings. The smallest absolute Gasteiger partial charge is 0.164 e. The van der Waals surface area contributed by atoms with Gasteiger partial charge in [-0.05, 0) is 41.1 Å². The zero-order chi connectivity index (χ0) is 40.7. The van der Waals surface area contributed by atoms with Crippen molar-refractivity contribution in [2.45, 2.75) is 0 Å². The van der Waals surface area contributed by atoms with E-state index in [2.05, 4.69) is 140 Å². The molecule has 4 aromatic heterocycles. The van der Waals surface area contributed by atoms with E-state index in [1.807, 2.05) is 54.6 Å². The first-order valence-electron chi connectivity index (χ1n) is 20.7. The minimum Gasteiger partial charge on any atom is -0.456 e. The highest BCUT2D eigenvalue weighted by atomic mass is 16.3. The second-order valence-corrected chi connectivity index (χ2v) is 15.7. The van der Waals surface area contributed by atoms with Gasteiger partial charge in [-0.15, -0.1) is 0 Å². The first-order chi connectivity index (χ1) is 30.7. The third-order valence-corrected chi connectivity index (χ3v) is 12.1. The zero-order valence-electron chi connectivity index (χ0n) is 33.1. The Balaban J connectivity index is 1.10. The first-order valence-corrected chi connectivity index (χ1v) is 20.7. The Kier molecular flexibility index (Phi) is 7.50. The number of aromatic nitrogens is 4. The lowest BCUT2D eigenvalue weighted by molar-refractivity contribution is 0.669. The molecule has 0 aliphatic carbocycles. The maximum atomic E-state index is 6.76. The van der Waals surface area contributed by atoms with E-state index in [1.54, 1.807) is 0 Å². The summed E-state index contributed by atoms with van der Waals surface area (Å²) in [6.45, 7) is 0. The number of rotatable bonds is 5. The van der Waals surface area contributed by atoms with Crippen LogP contribution in [0.25, 0.3) is 133 Å². The number of pyridine rings is 1. The van der Waals surface area contributed by atoms with E-state index in [0.717, 1.165) is 115 Å². The van der Waals surface area contributed by atoms with Gasteiger partial charge in [0.2, 0.25) is 0 Å². The molecule has 0 spiro atoms. The van der Waals surface area contributed by atoms with E-state index < -0.39 is 0 Å². The Hall–Kier alpha value is -8.48. The highest BCUT2D eigenvalue weighted by molar-refractivity contribution is 6.29. The number of benzene rings is 9. The predicted molar refractivity (Wildman–Crippen MR) is 252 cm³/mol. The van der Waals surface area contributed by atoms with Crippen molar-refractivity contribution in [3.63, 3.8) is 0 Å². The van der Waals surface area contributed by atoms with E-state index in [9.17, 15) is 0 Å². The van der Waals surface area contributed by atoms with Crippen LogP contribution in [0.3, 0.4) is 0 Å². The molecule has 0 radical (unpaired) electrons. The van der Waals surface area contributed by atoms with Gasteiger partial charge in [-0.2, -0.15) is 0 Å². The molecule has 6 heteroatoms. The lowest BCUT2D eigenvalue weighted by Gasteiger charge is -2.16. The van der Waals surface area contributed by atoms with Gasteiger partial charge in [-0.25, -0.2) is 19.9 Å². The number of hydrogen-bond donors (Lipinski definition) is 0. The van der Waals surface area contributed by atoms with E-state index in [0.29, 0.717) is 17.5 Å². The third-order valence-electron chi connectivity index (χ3n) is 12.1. The second-order valence-electron chi connectivity index (χ2n) is 15.7. The van der Waals surface area contributed by atoms with Crippen molar-refractivity contribution in [3.05, 3.63) is 194 Å². The Labute approximate surface area is 354 Å². The Morgan fingerprint density at radius 1 is 0.323 bits per heavy atom. The van der Waals surface area contributed by atoms with Crippen LogP contribution in [-0.2, 0) is 0 Å². The van der Waals surface area contributed by atoms with Gasteiger partial charge in [-0.3, -0.25) is 0 Å². The molecule has 0 saturated heterocycles. The van der Waals surface area contributed by atoms with Crippen LogP contribution in [-0.4, -0.2) is 19.9 Å². The molecule has 0 atom stereocenters. The van der Waals surface area contributed by atoms with Gasteiger partial charge in [0.1, 0.15) is 22.3 Å². The van der Waals surface area contributed by atoms with Crippen molar-refractivity contribution < 1.29 is 8.83 Å². The molecule has 4 heterocycles. The third kappa shape index (κ3) is 5.30. The van der Waals surface area contributed by atoms with Crippen LogP contribution in [0.15, 0.2) is 203 Å². The van der Waals surface area contributed by atoms with E-state index in [4.69, 9.17) is 28.8 Å². The highest BCUT2D eigenvalue weighted by Crippen LogP contribution is 2.49. The fourth-order valence-corrected chi connectivity index (χ4v) is 9.32. The quantitative estimate of drug-likeness (QED) is 0.162. The van der Waals surface area contributed by atoms with Crippen LogP contribution < -0.4 is 0 Å². The van der Waals surface area contributed by atoms with Crippen LogP contribution in [0.1, 0.15) is 0 Å². The summed E-state index contributed by atoms with van der Waals surface area (Å²) in [5.74, 6) is 1.79. The summed E-state index contributed by atoms with van der Waals surface area (Å²) in [5.41, 5.74) is 10.7. The standard InChI is InChI=1S/C56H32N4O2/c1-2-16-34(17-3-1)54-58-55(60-56(59-54)40-26-13-18-33-15-4-5-21-37(33)40)36-20-12-19-35(31-36)52-44-32-48-50(42-24-8-11-30-47(42)61-48)51(49(44)41-23-6-9-28-45(41)57-52)43-27-14-25-39-38-22-7-10-29-46(38)62-53(39)43/h1-32H. The largest absolute Gasteiger partial charge is 0.456 e. The van der Waals surface area contributed by atoms with Gasteiger partial charge < -0.3 is 8.83 Å². The lowest BCUT2D eigenvalue weighted by atomic mass is 9.88. The van der Waals surface area contributed by atoms with Crippen LogP contribution in [0, 0.1) is 0 Å². The summed E-state index contributed by atoms with van der Waals surface area (Å²) in [5, 5.41) is 9.52. The number of nitrogens with zero attached hydrogens (tertiary/aromatic N) is 4. The second kappa shape index (κ2) is 13.5. The molecule has 6 nitrogen and oxygen atoms in total. The molecule has 0 unspecified atom stereocenters. The molecule has 0 aliphatic heterocycles. The van der Waals surface area contributed by atoms with Crippen molar-refractivity contribution in [1.29, 1.82) is 0 Å². The van der Waals surface area contributed by atoms with Crippen molar-refractivity contribution >= 4 is 76.3 Å². The highest BCUT2D eigenvalue weighted by Gasteiger charge is 2.25. The fraction of sp³-hybridized carbons (Fsp3) is 0. The Morgan fingerprint density at radius 3 is 1.79 bits per heavy atom. The van der Waals surface area contributed by atoms with Crippen LogP contribution in [0.5, 0.6) is 0 Å². The van der Waals surface area contributed by atoms with E-state index in [1.165, 1.54) is 0 Å². The van der Waals surface area contributed by atoms with E-state index in [-0.39, 0.29) is 0 Å². The number of hydrogen-bond acceptors (Lipinski definition) is 6. The molecule has 13 rings (SSSR count). The van der Waals surface area contributed by atoms with Gasteiger partial charge in [0.15, 0.2) is 17.5 Å². The summed E-state index contributed by atoms with van der Waals surface area (Å²) < 4.78 is 13.5. The molecule has 9 aromatic carbocycles. The minimum absolute atomic E-state index is 0.575. The average Bonchev–Trinajstić information content (AvgIpc) is 3.92. The Morgan fingerprint density at radius 2 is 0.919 bits per heavy atom. The van der Waals surface area contributed by atoms with Gasteiger partial charge >= 0.3 is 0 Å². The average molecular weight is 793 g/mol. The normalized spacial score (nSPS) is 11.9. The molecule has 0 fully saturated rings. The molecule has 0 N–H and O–H groups in total. The van der Waals surface area contributed by atoms with Crippen molar-refractivity contribution in [3.8, 4) is 56.5 Å². The molecular weight excluding hydrogens is 761 g/mol. The molecule has 0 bridgehead atoms. The summed E-state index contributed by atoms with van der Waals surface area (Å²) in [4.78, 5) is 20.8. The van der Waals surface area contributed by atoms with Crippen LogP contribution in [0.2, 0.25) is 0 Å². The van der Waals surface area contributed by atoms with Crippen molar-refractivity contribution in [1.82, 2.24) is 19.9 Å². The summed E-state index contributed by atoms with van der Waals surface area (Å²) in [6.07, 6.45) is 0. The number of para-hydroxylation sites is 4. The van der Waals surface area contributed by atoms with E-state index >= 15 is 0 Å². The predicted octanol–water partition coefficient (Wildman–Crippen LogP) is 14.9. The lowest BCUT2D eigenvalue weighted by Crippen LogP contribution is -2.01. The minimum atomic E-state index is 0.575. The number of fused-ring (bicyclic) bond motifs is 10. The molecule has 0 amide bonds. The van der Waals surface area contributed by atoms with Gasteiger partial charge in [0.05, 0.1) is 11.2 Å². The monoisotopic (exact) mass is 792 g/mol. The maximum Gasteiger partial charge on any atom is 0.164 e. The van der Waals surface area contributed by atoms with Gasteiger partial charge in [-0.1, -0.05) is 164 Å². The Bertz CT molecular complexity index is 3940. The fourth-order valence-electron chi connectivity index (χ4n) is 9.32. The van der Waals surface area contributed by atoms with Crippen molar-refractivity contribution in [2.75, 3.05) is 0 Å². The van der Waals surface area contributed by atoms with Gasteiger partial charge in [0, 0.05) is 71.1 Å². The molecule has 62 heavy (non-hydrogen) atoms. The zero-order valence-corrected chi connectivity index (χ0v) is 33.1. The van der Waals surface area contributed by atoms with Crippen LogP contribution in [0.4, 0.5) is 0 Å². The van der Waals surface area contributed by atoms with Crippen molar-refractivity contribution in [2.24, 2.45) is 0 Å². The topological polar surface area (TPSA) is 77.8 Å². The molecular formula is C56H32N4O2. The molecule has 0 saturated carbocycles. The first kappa shape index (κ1) is 34.4. The van der Waals surface area contributed by atoms with Gasteiger partial charge in [0.25, 0.3) is 0 Å². The summed E-state index contributed by atoms with van der Waals surface area (Å²) in [7, 11) is 0. The van der Waals surface area contributed by atoms with Crippen LogP contribution >= 0.6 is 0 Å². The summed E-state index contributed by atoms with van der Waals surface area (Å²) in [6, 6.07) is 66.7. The maximum absolute atomic E-state index is 6.76. The molecule has 288 valence electrons. The SMILES string of the molecule is c1ccc(-c2nc(-c3cccc(-c4nc5ccccc5c5c(-c6cccc7c6oc6ccccc67)c6c(cc45)oc4ccccc46)c3)nc(-c3cccc4ccccc34)n2)cc1. The molecule has 0 aliphatic rings.